The van der Waals surface area contributed by atoms with Gasteiger partial charge in [0.05, 0.1) is 34.4 Å². The molecular weight excluding hydrogens is 441 g/mol. The third-order valence-corrected chi connectivity index (χ3v) is 4.98. The summed E-state index contributed by atoms with van der Waals surface area (Å²) in [7, 11) is 0. The average molecular weight is 453 g/mol. The van der Waals surface area contributed by atoms with Crippen LogP contribution in [-0.2, 0) is 13.1 Å². The van der Waals surface area contributed by atoms with Crippen LogP contribution in [-0.4, -0.2) is 40.0 Å². The summed E-state index contributed by atoms with van der Waals surface area (Å²) in [5, 5.41) is 26.5. The summed E-state index contributed by atoms with van der Waals surface area (Å²) in [5.74, 6) is 0.471. The first-order valence-electron chi connectivity index (χ1n) is 8.17. The lowest BCUT2D eigenvalue weighted by molar-refractivity contribution is 0.370. The van der Waals surface area contributed by atoms with E-state index in [-0.39, 0.29) is 24.0 Å². The van der Waals surface area contributed by atoms with Crippen LogP contribution >= 0.6 is 34.8 Å². The molecule has 9 nitrogen and oxygen atoms in total. The molecule has 0 unspecified atom stereocenters. The fourth-order valence-electron chi connectivity index (χ4n) is 2.55. The van der Waals surface area contributed by atoms with Gasteiger partial charge in [0, 0.05) is 6.20 Å². The third-order valence-electron chi connectivity index (χ3n) is 3.79. The van der Waals surface area contributed by atoms with Gasteiger partial charge in [0.25, 0.3) is 5.89 Å². The molecule has 0 amide bonds. The Hall–Kier alpha value is -2.88. The number of aromatic nitrogens is 7. The van der Waals surface area contributed by atoms with Crippen LogP contribution < -0.4 is 0 Å². The molecule has 0 saturated carbocycles. The van der Waals surface area contributed by atoms with Gasteiger partial charge in [-0.15, -0.1) is 5.10 Å². The molecule has 1 aromatic carbocycles. The van der Waals surface area contributed by atoms with Crippen LogP contribution in [0.15, 0.2) is 47.5 Å². The van der Waals surface area contributed by atoms with Gasteiger partial charge in [-0.3, -0.25) is 4.68 Å². The number of hydrogen-bond donors (Lipinski definition) is 1. The normalized spacial score (nSPS) is 11.1. The van der Waals surface area contributed by atoms with Gasteiger partial charge in [-0.05, 0) is 23.8 Å². The Morgan fingerprint density at radius 1 is 1.14 bits per heavy atom. The van der Waals surface area contributed by atoms with Crippen LogP contribution in [0.25, 0.3) is 23.1 Å². The minimum absolute atomic E-state index is 0.00857. The number of aliphatic hydroxyl groups is 1. The molecule has 0 spiro atoms. The molecule has 0 aliphatic heterocycles. The number of aliphatic hydroxyl groups excluding tert-OH is 1. The van der Waals surface area contributed by atoms with Crippen molar-refractivity contribution >= 4 is 34.8 Å². The lowest BCUT2D eigenvalue weighted by Gasteiger charge is -2.05. The third kappa shape index (κ3) is 4.26. The Morgan fingerprint density at radius 3 is 2.62 bits per heavy atom. The number of nitrogens with zero attached hydrogens (tertiary/aromatic N) is 7. The second-order valence-electron chi connectivity index (χ2n) is 6.06. The Kier molecular flexibility index (Phi) is 5.27. The summed E-state index contributed by atoms with van der Waals surface area (Å²) >= 11 is 18.1. The molecule has 4 rings (SSSR count). The van der Waals surface area contributed by atoms with Gasteiger partial charge >= 0.3 is 0 Å². The fourth-order valence-corrected chi connectivity index (χ4v) is 3.19. The van der Waals surface area contributed by atoms with Gasteiger partial charge in [0.15, 0.2) is 11.4 Å². The summed E-state index contributed by atoms with van der Waals surface area (Å²) in [4.78, 5) is 4.29. The molecule has 29 heavy (non-hydrogen) atoms. The zero-order valence-electron chi connectivity index (χ0n) is 14.6. The zero-order chi connectivity index (χ0) is 20.5. The molecule has 0 fully saturated rings. The molecule has 148 valence electrons. The fraction of sp³-hybridized carbons (Fsp3) is 0.118. The standard InChI is InChI=1S/C17H12Cl3N7O2/c1-9(28)6-26-3-2-13(23-26)17-21-16(24-29-17)14-8-27(25-22-14)7-10-4-11(18)15(20)12(19)5-10/h2-5,8,28H,1,6-7H2. The monoisotopic (exact) mass is 451 g/mol. The van der Waals surface area contributed by atoms with Crippen molar-refractivity contribution in [3.8, 4) is 23.1 Å². The van der Waals surface area contributed by atoms with Crippen LogP contribution in [0.5, 0.6) is 0 Å². The van der Waals surface area contributed by atoms with Crippen molar-refractivity contribution in [1.82, 2.24) is 34.9 Å². The Balaban J connectivity index is 1.52. The van der Waals surface area contributed by atoms with E-state index in [1.807, 2.05) is 0 Å². The Bertz CT molecular complexity index is 1170. The lowest BCUT2D eigenvalue weighted by atomic mass is 10.2. The van der Waals surface area contributed by atoms with Crippen LogP contribution in [0, 0.1) is 0 Å². The van der Waals surface area contributed by atoms with Gasteiger partial charge in [-0.25, -0.2) is 4.68 Å². The highest BCUT2D eigenvalue weighted by atomic mass is 35.5. The maximum atomic E-state index is 9.24. The highest BCUT2D eigenvalue weighted by Crippen LogP contribution is 2.31. The summed E-state index contributed by atoms with van der Waals surface area (Å²) in [5.41, 5.74) is 1.70. The van der Waals surface area contributed by atoms with E-state index in [0.29, 0.717) is 33.0 Å². The highest BCUT2D eigenvalue weighted by Gasteiger charge is 2.16. The SMILES string of the molecule is C=C(O)Cn1ccc(-c2nc(-c3cn(Cc4cc(Cl)c(Cl)c(Cl)c4)nn3)no2)n1. The quantitative estimate of drug-likeness (QED) is 0.344. The first-order valence-corrected chi connectivity index (χ1v) is 9.30. The van der Waals surface area contributed by atoms with Crippen LogP contribution in [0.4, 0.5) is 0 Å². The van der Waals surface area contributed by atoms with E-state index < -0.39 is 0 Å². The van der Waals surface area contributed by atoms with E-state index in [1.54, 1.807) is 35.3 Å². The molecule has 0 radical (unpaired) electrons. The van der Waals surface area contributed by atoms with Crippen molar-refractivity contribution in [1.29, 1.82) is 0 Å². The first-order chi connectivity index (χ1) is 13.9. The molecule has 3 aromatic heterocycles. The van der Waals surface area contributed by atoms with Gasteiger partial charge in [-0.1, -0.05) is 51.8 Å². The van der Waals surface area contributed by atoms with Crippen LogP contribution in [0.2, 0.25) is 15.1 Å². The number of allylic oxidation sites excluding steroid dienone is 1. The molecule has 1 N–H and O–H groups in total. The molecular formula is C17H12Cl3N7O2. The van der Waals surface area contributed by atoms with E-state index in [4.69, 9.17) is 39.3 Å². The minimum atomic E-state index is -0.00857. The minimum Gasteiger partial charge on any atom is -0.511 e. The lowest BCUT2D eigenvalue weighted by Crippen LogP contribution is -2.00. The van der Waals surface area contributed by atoms with Crippen molar-refractivity contribution in [3.05, 3.63) is 63.6 Å². The van der Waals surface area contributed by atoms with Crippen molar-refractivity contribution in [2.75, 3.05) is 0 Å². The summed E-state index contributed by atoms with van der Waals surface area (Å²) < 4.78 is 8.33. The Morgan fingerprint density at radius 2 is 1.90 bits per heavy atom. The van der Waals surface area contributed by atoms with E-state index >= 15 is 0 Å². The molecule has 0 saturated heterocycles. The number of hydrogen-bond acceptors (Lipinski definition) is 7. The summed E-state index contributed by atoms with van der Waals surface area (Å²) in [6.45, 7) is 3.98. The zero-order valence-corrected chi connectivity index (χ0v) is 16.9. The van der Waals surface area contributed by atoms with Crippen LogP contribution in [0.1, 0.15) is 5.56 Å². The van der Waals surface area contributed by atoms with Crippen molar-refractivity contribution in [2.24, 2.45) is 0 Å². The largest absolute Gasteiger partial charge is 0.511 e. The van der Waals surface area contributed by atoms with E-state index in [9.17, 15) is 5.11 Å². The summed E-state index contributed by atoms with van der Waals surface area (Å²) in [6.07, 6.45) is 3.33. The molecule has 0 bridgehead atoms. The second-order valence-corrected chi connectivity index (χ2v) is 7.26. The topological polar surface area (TPSA) is 108 Å². The molecule has 3 heterocycles. The van der Waals surface area contributed by atoms with Crippen molar-refractivity contribution in [3.63, 3.8) is 0 Å². The highest BCUT2D eigenvalue weighted by molar-refractivity contribution is 6.48. The van der Waals surface area contributed by atoms with E-state index in [2.05, 4.69) is 32.1 Å². The maximum Gasteiger partial charge on any atom is 0.278 e. The maximum absolute atomic E-state index is 9.24. The van der Waals surface area contributed by atoms with Gasteiger partial charge in [0.1, 0.15) is 5.76 Å². The molecule has 4 aromatic rings. The molecule has 0 atom stereocenters. The van der Waals surface area contributed by atoms with Crippen LogP contribution in [0.3, 0.4) is 0 Å². The smallest absolute Gasteiger partial charge is 0.278 e. The second kappa shape index (κ2) is 7.86. The summed E-state index contributed by atoms with van der Waals surface area (Å²) in [6, 6.07) is 5.10. The first kappa shape index (κ1) is 19.4. The predicted octanol–water partition coefficient (Wildman–Crippen LogP) is 4.27. The number of rotatable bonds is 6. The average Bonchev–Trinajstić information content (AvgIpc) is 3.39. The molecule has 0 aliphatic carbocycles. The van der Waals surface area contributed by atoms with Gasteiger partial charge < -0.3 is 9.63 Å². The molecule has 0 aliphatic rings. The van der Waals surface area contributed by atoms with Crippen molar-refractivity contribution < 1.29 is 9.63 Å². The van der Waals surface area contributed by atoms with Gasteiger partial charge in [-0.2, -0.15) is 10.1 Å². The van der Waals surface area contributed by atoms with Crippen molar-refractivity contribution in [2.45, 2.75) is 13.1 Å². The predicted molar refractivity (Wildman–Crippen MR) is 107 cm³/mol. The Labute approximate surface area is 179 Å². The van der Waals surface area contributed by atoms with Gasteiger partial charge in [0.2, 0.25) is 5.82 Å². The number of benzene rings is 1. The number of halogens is 3. The van der Waals surface area contributed by atoms with E-state index in [1.165, 1.54) is 4.68 Å². The van der Waals surface area contributed by atoms with E-state index in [0.717, 1.165) is 5.56 Å². The molecule has 12 heteroatoms.